The normalized spacial score (nSPS) is 32.4. The second kappa shape index (κ2) is 13.5. The fraction of sp³-hybridized carbons (Fsp3) is 0.815. The van der Waals surface area contributed by atoms with Gasteiger partial charge < -0.3 is 24.4 Å². The minimum Gasteiger partial charge on any atom is -0.466 e. The molecule has 2 bridgehead atoms. The van der Waals surface area contributed by atoms with Crippen LogP contribution in [0.2, 0.25) is 0 Å². The van der Waals surface area contributed by atoms with E-state index in [0.29, 0.717) is 39.3 Å². The van der Waals surface area contributed by atoms with Crippen LogP contribution >= 0.6 is 27.7 Å². The van der Waals surface area contributed by atoms with E-state index in [0.717, 1.165) is 45.3 Å². The summed E-state index contributed by atoms with van der Waals surface area (Å²) in [6.07, 6.45) is 5.64. The molecule has 1 spiro atoms. The van der Waals surface area contributed by atoms with Crippen LogP contribution < -0.4 is 0 Å². The SMILES string of the molecule is C=CCN(CCN1CCOCC1)C(=O)C1N(CCCCCCO)C(=O)[C@@H]2[C@@H](C(=O)OCC)[C@@H]3SC12CC3Br. The Hall–Kier alpha value is -1.14. The van der Waals surface area contributed by atoms with Crippen molar-refractivity contribution in [3.8, 4) is 0 Å². The monoisotopic (exact) mass is 615 g/mol. The lowest BCUT2D eigenvalue weighted by Crippen LogP contribution is -2.56. The van der Waals surface area contributed by atoms with Gasteiger partial charge in [-0.3, -0.25) is 19.3 Å². The van der Waals surface area contributed by atoms with Gasteiger partial charge in [0, 0.05) is 56.0 Å². The van der Waals surface area contributed by atoms with Crippen LogP contribution in [0, 0.1) is 11.8 Å². The molecule has 0 saturated carbocycles. The van der Waals surface area contributed by atoms with Gasteiger partial charge in [-0.15, -0.1) is 18.3 Å². The van der Waals surface area contributed by atoms with E-state index in [1.54, 1.807) is 29.7 Å². The number of hydrogen-bond donors (Lipinski definition) is 1. The van der Waals surface area contributed by atoms with Crippen LogP contribution in [0.3, 0.4) is 0 Å². The van der Waals surface area contributed by atoms with Crippen LogP contribution in [-0.2, 0) is 23.9 Å². The summed E-state index contributed by atoms with van der Waals surface area (Å²) in [5.41, 5.74) is 0. The molecule has 38 heavy (non-hydrogen) atoms. The first-order valence-corrected chi connectivity index (χ1v) is 15.8. The number of unbranched alkanes of at least 4 members (excludes halogenated alkanes) is 3. The van der Waals surface area contributed by atoms with E-state index in [2.05, 4.69) is 27.4 Å². The number of aliphatic hydroxyl groups is 1. The fourth-order valence-electron chi connectivity index (χ4n) is 6.61. The predicted octanol–water partition coefficient (Wildman–Crippen LogP) is 1.91. The van der Waals surface area contributed by atoms with Crippen molar-refractivity contribution in [3.63, 3.8) is 0 Å². The first kappa shape index (κ1) is 29.8. The van der Waals surface area contributed by atoms with Crippen LogP contribution in [0.4, 0.5) is 0 Å². The van der Waals surface area contributed by atoms with E-state index in [1.165, 1.54) is 0 Å². The van der Waals surface area contributed by atoms with Crippen LogP contribution in [0.5, 0.6) is 0 Å². The van der Waals surface area contributed by atoms with Gasteiger partial charge >= 0.3 is 5.97 Å². The van der Waals surface area contributed by atoms with Crippen molar-refractivity contribution in [1.82, 2.24) is 14.7 Å². The molecule has 4 fully saturated rings. The van der Waals surface area contributed by atoms with E-state index >= 15 is 0 Å². The summed E-state index contributed by atoms with van der Waals surface area (Å²) in [4.78, 5) is 47.5. The third kappa shape index (κ3) is 5.82. The van der Waals surface area contributed by atoms with E-state index in [4.69, 9.17) is 14.6 Å². The number of amides is 2. The molecule has 214 valence electrons. The van der Waals surface area contributed by atoms with Gasteiger partial charge in [-0.1, -0.05) is 34.8 Å². The zero-order chi connectivity index (χ0) is 27.3. The Kier molecular flexibility index (Phi) is 10.6. The molecule has 0 aliphatic carbocycles. The van der Waals surface area contributed by atoms with Gasteiger partial charge in [0.05, 0.1) is 36.4 Å². The number of nitrogens with zero attached hydrogens (tertiary/aromatic N) is 3. The lowest BCUT2D eigenvalue weighted by Gasteiger charge is -2.38. The van der Waals surface area contributed by atoms with Crippen LogP contribution in [0.15, 0.2) is 12.7 Å². The smallest absolute Gasteiger partial charge is 0.310 e. The first-order valence-electron chi connectivity index (χ1n) is 14.0. The molecule has 4 heterocycles. The number of carbonyl (C=O) groups excluding carboxylic acids is 3. The molecule has 4 aliphatic heterocycles. The number of likely N-dealkylation sites (tertiary alicyclic amines) is 1. The quantitative estimate of drug-likeness (QED) is 0.137. The zero-order valence-electron chi connectivity index (χ0n) is 22.4. The molecular formula is C27H42BrN3O6S. The number of thioether (sulfide) groups is 1. The Bertz CT molecular complexity index is 874. The highest BCUT2D eigenvalue weighted by Crippen LogP contribution is 2.68. The van der Waals surface area contributed by atoms with Crippen molar-refractivity contribution in [2.45, 2.75) is 59.9 Å². The Morgan fingerprint density at radius 1 is 1.26 bits per heavy atom. The van der Waals surface area contributed by atoms with Crippen LogP contribution in [0.1, 0.15) is 39.0 Å². The number of halogens is 1. The highest BCUT2D eigenvalue weighted by molar-refractivity contribution is 9.09. The summed E-state index contributed by atoms with van der Waals surface area (Å²) in [5, 5.41) is 9.04. The maximum absolute atomic E-state index is 14.4. The summed E-state index contributed by atoms with van der Waals surface area (Å²) >= 11 is 5.44. The van der Waals surface area contributed by atoms with Crippen molar-refractivity contribution >= 4 is 45.5 Å². The fourth-order valence-corrected chi connectivity index (χ4v) is 10.2. The Morgan fingerprint density at radius 2 is 2.00 bits per heavy atom. The molecule has 1 N–H and O–H groups in total. The lowest BCUT2D eigenvalue weighted by atomic mass is 9.71. The van der Waals surface area contributed by atoms with Crippen LogP contribution in [0.25, 0.3) is 0 Å². The third-order valence-electron chi connectivity index (χ3n) is 8.34. The summed E-state index contributed by atoms with van der Waals surface area (Å²) in [7, 11) is 0. The largest absolute Gasteiger partial charge is 0.466 e. The minimum absolute atomic E-state index is 0.0342. The third-order valence-corrected chi connectivity index (χ3v) is 11.6. The number of rotatable bonds is 14. The molecule has 0 aromatic heterocycles. The molecule has 11 heteroatoms. The predicted molar refractivity (Wildman–Crippen MR) is 150 cm³/mol. The topological polar surface area (TPSA) is 99.6 Å². The van der Waals surface area contributed by atoms with Gasteiger partial charge in [-0.25, -0.2) is 0 Å². The minimum atomic E-state index is -0.659. The average molecular weight is 617 g/mol. The second-order valence-electron chi connectivity index (χ2n) is 10.6. The van der Waals surface area contributed by atoms with Gasteiger partial charge in [0.25, 0.3) is 0 Å². The molecule has 0 radical (unpaired) electrons. The van der Waals surface area contributed by atoms with E-state index in [9.17, 15) is 14.4 Å². The standard InChI is InChI=1S/C27H42BrN3O6S/c1-3-9-30(12-11-29-13-16-36-17-14-29)25(34)23-27-18-19(28)22(38-27)20(26(35)37-4-2)21(27)24(33)31(23)10-7-5-6-8-15-32/h3,19-23,32H,1,4-18H2,2H3/t19?,20-,21+,22-,23?,27?/m1/s1. The van der Waals surface area contributed by atoms with Crippen molar-refractivity contribution < 1.29 is 29.0 Å². The number of esters is 1. The molecule has 6 atom stereocenters. The summed E-state index contributed by atoms with van der Waals surface area (Å²) < 4.78 is 10.2. The maximum Gasteiger partial charge on any atom is 0.310 e. The highest BCUT2D eigenvalue weighted by atomic mass is 79.9. The van der Waals surface area contributed by atoms with Gasteiger partial charge in [0.15, 0.2) is 0 Å². The van der Waals surface area contributed by atoms with Crippen molar-refractivity contribution in [3.05, 3.63) is 12.7 Å². The van der Waals surface area contributed by atoms with Gasteiger partial charge in [-0.2, -0.15) is 0 Å². The highest BCUT2D eigenvalue weighted by Gasteiger charge is 2.76. The number of aliphatic hydroxyl groups excluding tert-OH is 1. The molecule has 0 aromatic rings. The van der Waals surface area contributed by atoms with Crippen molar-refractivity contribution in [1.29, 1.82) is 0 Å². The molecule has 4 saturated heterocycles. The van der Waals surface area contributed by atoms with E-state index in [-0.39, 0.29) is 41.1 Å². The van der Waals surface area contributed by atoms with Crippen LogP contribution in [-0.4, -0.2) is 124 Å². The number of morpholine rings is 1. The van der Waals surface area contributed by atoms with E-state index in [1.807, 2.05) is 4.90 Å². The number of alkyl halides is 1. The average Bonchev–Trinajstić information content (AvgIpc) is 3.50. The second-order valence-corrected chi connectivity index (χ2v) is 13.3. The molecule has 4 aliphatic rings. The summed E-state index contributed by atoms with van der Waals surface area (Å²) in [6, 6.07) is -0.628. The summed E-state index contributed by atoms with van der Waals surface area (Å²) in [5.74, 6) is -1.59. The first-order chi connectivity index (χ1) is 18.4. The van der Waals surface area contributed by atoms with Gasteiger partial charge in [0.1, 0.15) is 6.04 Å². The molecule has 0 aromatic carbocycles. The molecule has 2 amide bonds. The summed E-state index contributed by atoms with van der Waals surface area (Å²) in [6.45, 7) is 11.3. The zero-order valence-corrected chi connectivity index (χ0v) is 24.8. The number of ether oxygens (including phenoxy) is 2. The van der Waals surface area contributed by atoms with Gasteiger partial charge in [-0.05, 0) is 26.2 Å². The number of fused-ring (bicyclic) bond motifs is 1. The maximum atomic E-state index is 14.4. The molecule has 4 rings (SSSR count). The molecule has 3 unspecified atom stereocenters. The van der Waals surface area contributed by atoms with Crippen molar-refractivity contribution in [2.24, 2.45) is 11.8 Å². The molecule has 9 nitrogen and oxygen atoms in total. The number of hydrogen-bond acceptors (Lipinski definition) is 8. The van der Waals surface area contributed by atoms with E-state index < -0.39 is 22.6 Å². The lowest BCUT2D eigenvalue weighted by molar-refractivity contribution is -0.153. The number of carbonyl (C=O) groups is 3. The Balaban J connectivity index is 1.60. The van der Waals surface area contributed by atoms with Gasteiger partial charge in [0.2, 0.25) is 11.8 Å². The van der Waals surface area contributed by atoms with Crippen molar-refractivity contribution in [2.75, 3.05) is 65.7 Å². The Labute approximate surface area is 238 Å². The Morgan fingerprint density at radius 3 is 2.68 bits per heavy atom. The molecular weight excluding hydrogens is 574 g/mol.